The summed E-state index contributed by atoms with van der Waals surface area (Å²) in [7, 11) is 0. The molecule has 0 saturated carbocycles. The zero-order valence-electron chi connectivity index (χ0n) is 16.7. The number of carbonyl (C=O) groups is 3. The SMILES string of the molecule is CC(=O)N1C=Cc2ccccc2[C@@H]1CC(=O)O[C@@H](C)C(=O)Nc1ccc(C)cc1. The van der Waals surface area contributed by atoms with Gasteiger partial charge in [0.05, 0.1) is 12.5 Å². The quantitative estimate of drug-likeness (QED) is 0.785. The number of ether oxygens (including phenoxy) is 1. The van der Waals surface area contributed by atoms with Gasteiger partial charge in [0.2, 0.25) is 5.91 Å². The molecule has 0 aliphatic carbocycles. The molecule has 1 aliphatic heterocycles. The molecule has 0 unspecified atom stereocenters. The average Bonchev–Trinajstić information content (AvgIpc) is 2.69. The molecule has 29 heavy (non-hydrogen) atoms. The fraction of sp³-hybridized carbons (Fsp3) is 0.261. The van der Waals surface area contributed by atoms with Crippen LogP contribution in [-0.2, 0) is 19.1 Å². The van der Waals surface area contributed by atoms with Gasteiger partial charge in [-0.25, -0.2) is 0 Å². The summed E-state index contributed by atoms with van der Waals surface area (Å²) >= 11 is 0. The molecule has 2 aromatic rings. The number of esters is 1. The first-order valence-corrected chi connectivity index (χ1v) is 9.48. The van der Waals surface area contributed by atoms with Gasteiger partial charge < -0.3 is 15.0 Å². The highest BCUT2D eigenvalue weighted by molar-refractivity contribution is 5.95. The van der Waals surface area contributed by atoms with E-state index in [4.69, 9.17) is 4.74 Å². The predicted octanol–water partition coefficient (Wildman–Crippen LogP) is 3.83. The molecule has 0 saturated heterocycles. The normalized spacial score (nSPS) is 16.0. The average molecular weight is 392 g/mol. The lowest BCUT2D eigenvalue weighted by Gasteiger charge is -2.32. The Morgan fingerprint density at radius 1 is 1.10 bits per heavy atom. The van der Waals surface area contributed by atoms with Gasteiger partial charge in [0.15, 0.2) is 6.10 Å². The Labute approximate surface area is 170 Å². The number of benzene rings is 2. The summed E-state index contributed by atoms with van der Waals surface area (Å²) in [5.41, 5.74) is 3.55. The first-order chi connectivity index (χ1) is 13.8. The van der Waals surface area contributed by atoms with E-state index >= 15 is 0 Å². The Bertz CT molecular complexity index is 950. The molecule has 1 heterocycles. The van der Waals surface area contributed by atoms with Crippen molar-refractivity contribution in [3.8, 4) is 0 Å². The van der Waals surface area contributed by atoms with Crippen LogP contribution in [0.25, 0.3) is 6.08 Å². The van der Waals surface area contributed by atoms with Gasteiger partial charge in [0, 0.05) is 18.8 Å². The minimum Gasteiger partial charge on any atom is -0.452 e. The van der Waals surface area contributed by atoms with E-state index in [9.17, 15) is 14.4 Å². The summed E-state index contributed by atoms with van der Waals surface area (Å²) in [4.78, 5) is 38.4. The minimum absolute atomic E-state index is 0.0386. The standard InChI is InChI=1S/C23H24N2O4/c1-15-8-10-19(11-9-15)24-23(28)16(2)29-22(27)14-21-20-7-5-4-6-18(20)12-13-25(21)17(3)26/h4-13,16,21H,14H2,1-3H3,(H,24,28)/t16-,21-/m0/s1. The van der Waals surface area contributed by atoms with Gasteiger partial charge in [-0.05, 0) is 43.2 Å². The number of hydrogen-bond acceptors (Lipinski definition) is 4. The number of amides is 2. The highest BCUT2D eigenvalue weighted by Gasteiger charge is 2.30. The van der Waals surface area contributed by atoms with Gasteiger partial charge in [0.25, 0.3) is 5.91 Å². The molecule has 6 nitrogen and oxygen atoms in total. The van der Waals surface area contributed by atoms with Crippen LogP contribution >= 0.6 is 0 Å². The molecule has 2 amide bonds. The van der Waals surface area contributed by atoms with Crippen molar-refractivity contribution in [2.24, 2.45) is 0 Å². The molecule has 0 aromatic heterocycles. The van der Waals surface area contributed by atoms with Crippen molar-refractivity contribution in [2.45, 2.75) is 39.3 Å². The van der Waals surface area contributed by atoms with Crippen molar-refractivity contribution in [2.75, 3.05) is 5.32 Å². The molecule has 2 atom stereocenters. The van der Waals surface area contributed by atoms with E-state index in [2.05, 4.69) is 5.32 Å². The Hall–Kier alpha value is -3.41. The lowest BCUT2D eigenvalue weighted by molar-refractivity contribution is -0.154. The van der Waals surface area contributed by atoms with Crippen molar-refractivity contribution >= 4 is 29.5 Å². The lowest BCUT2D eigenvalue weighted by Crippen LogP contribution is -2.34. The highest BCUT2D eigenvalue weighted by atomic mass is 16.5. The van der Waals surface area contributed by atoms with Crippen LogP contribution < -0.4 is 5.32 Å². The molecule has 6 heteroatoms. The third kappa shape index (κ3) is 4.90. The van der Waals surface area contributed by atoms with E-state index in [-0.39, 0.29) is 12.3 Å². The first-order valence-electron chi connectivity index (χ1n) is 9.48. The van der Waals surface area contributed by atoms with Gasteiger partial charge >= 0.3 is 5.97 Å². The van der Waals surface area contributed by atoms with Gasteiger partial charge in [-0.15, -0.1) is 0 Å². The van der Waals surface area contributed by atoms with E-state index < -0.39 is 24.0 Å². The molecular formula is C23H24N2O4. The van der Waals surface area contributed by atoms with Gasteiger partial charge in [-0.2, -0.15) is 0 Å². The van der Waals surface area contributed by atoms with Crippen molar-refractivity contribution in [3.05, 3.63) is 71.4 Å². The zero-order chi connectivity index (χ0) is 21.0. The largest absolute Gasteiger partial charge is 0.452 e. The van der Waals surface area contributed by atoms with Crippen molar-refractivity contribution in [1.29, 1.82) is 0 Å². The topological polar surface area (TPSA) is 75.7 Å². The van der Waals surface area contributed by atoms with E-state index in [0.717, 1.165) is 16.7 Å². The second-order valence-corrected chi connectivity index (χ2v) is 7.08. The maximum absolute atomic E-state index is 12.5. The highest BCUT2D eigenvalue weighted by Crippen LogP contribution is 2.33. The van der Waals surface area contributed by atoms with Crippen molar-refractivity contribution < 1.29 is 19.1 Å². The van der Waals surface area contributed by atoms with Crippen LogP contribution in [0.1, 0.15) is 43.0 Å². The second kappa shape index (κ2) is 8.73. The molecule has 0 radical (unpaired) electrons. The smallest absolute Gasteiger partial charge is 0.309 e. The van der Waals surface area contributed by atoms with Crippen LogP contribution in [0.4, 0.5) is 5.69 Å². The molecular weight excluding hydrogens is 368 g/mol. The van der Waals surface area contributed by atoms with Gasteiger partial charge in [-0.3, -0.25) is 14.4 Å². The first kappa shape index (κ1) is 20.3. The summed E-state index contributed by atoms with van der Waals surface area (Å²) < 4.78 is 5.34. The van der Waals surface area contributed by atoms with Crippen LogP contribution in [-0.4, -0.2) is 28.8 Å². The number of aryl methyl sites for hydroxylation is 1. The number of nitrogens with one attached hydrogen (secondary N) is 1. The summed E-state index contributed by atoms with van der Waals surface area (Å²) in [6.07, 6.45) is 2.53. The summed E-state index contributed by atoms with van der Waals surface area (Å²) in [5.74, 6) is -1.12. The van der Waals surface area contributed by atoms with Crippen LogP contribution in [0.3, 0.4) is 0 Å². The lowest BCUT2D eigenvalue weighted by atomic mass is 9.94. The molecule has 150 valence electrons. The fourth-order valence-electron chi connectivity index (χ4n) is 3.25. The third-order valence-corrected chi connectivity index (χ3v) is 4.83. The Balaban J connectivity index is 1.65. The summed E-state index contributed by atoms with van der Waals surface area (Å²) in [6.45, 7) is 4.94. The molecule has 3 rings (SSSR count). The molecule has 0 spiro atoms. The third-order valence-electron chi connectivity index (χ3n) is 4.83. The van der Waals surface area contributed by atoms with Crippen LogP contribution in [0.5, 0.6) is 0 Å². The number of carbonyl (C=O) groups excluding carboxylic acids is 3. The van der Waals surface area contributed by atoms with E-state index in [1.165, 1.54) is 18.7 Å². The van der Waals surface area contributed by atoms with Gasteiger partial charge in [-0.1, -0.05) is 42.0 Å². The second-order valence-electron chi connectivity index (χ2n) is 7.08. The predicted molar refractivity (Wildman–Crippen MR) is 111 cm³/mol. The Kier molecular flexibility index (Phi) is 6.12. The maximum Gasteiger partial charge on any atom is 0.309 e. The fourth-order valence-corrected chi connectivity index (χ4v) is 3.25. The monoisotopic (exact) mass is 392 g/mol. The Morgan fingerprint density at radius 2 is 1.79 bits per heavy atom. The summed E-state index contributed by atoms with van der Waals surface area (Å²) in [5, 5.41) is 2.73. The van der Waals surface area contributed by atoms with Crippen molar-refractivity contribution in [3.63, 3.8) is 0 Å². The number of fused-ring (bicyclic) bond motifs is 1. The minimum atomic E-state index is -0.955. The molecule has 0 bridgehead atoms. The molecule has 1 N–H and O–H groups in total. The zero-order valence-corrected chi connectivity index (χ0v) is 16.7. The number of hydrogen-bond donors (Lipinski definition) is 1. The van der Waals surface area contributed by atoms with Crippen LogP contribution in [0.2, 0.25) is 0 Å². The van der Waals surface area contributed by atoms with E-state index in [0.29, 0.717) is 5.69 Å². The Morgan fingerprint density at radius 3 is 2.48 bits per heavy atom. The maximum atomic E-state index is 12.5. The number of anilines is 1. The molecule has 1 aliphatic rings. The van der Waals surface area contributed by atoms with Crippen LogP contribution in [0, 0.1) is 6.92 Å². The molecule has 2 aromatic carbocycles. The molecule has 0 fully saturated rings. The van der Waals surface area contributed by atoms with E-state index in [1.807, 2.05) is 49.4 Å². The number of rotatable bonds is 5. The van der Waals surface area contributed by atoms with Gasteiger partial charge in [0.1, 0.15) is 0 Å². The summed E-state index contributed by atoms with van der Waals surface area (Å²) in [6, 6.07) is 14.5. The number of nitrogens with zero attached hydrogens (tertiary/aromatic N) is 1. The van der Waals surface area contributed by atoms with Crippen LogP contribution in [0.15, 0.2) is 54.7 Å². The van der Waals surface area contributed by atoms with E-state index in [1.54, 1.807) is 18.3 Å². The van der Waals surface area contributed by atoms with Crippen molar-refractivity contribution in [1.82, 2.24) is 4.90 Å².